The van der Waals surface area contributed by atoms with E-state index in [0.717, 1.165) is 0 Å². The molecule has 0 atom stereocenters. The average Bonchev–Trinajstić information content (AvgIpc) is 3.28. The molecule has 3 aromatic rings. The first-order valence-corrected chi connectivity index (χ1v) is 8.55. The maximum Gasteiger partial charge on any atom is 0.267 e. The molecule has 0 unspecified atom stereocenters. The van der Waals surface area contributed by atoms with Gasteiger partial charge in [-0.1, -0.05) is 6.07 Å². The lowest BCUT2D eigenvalue weighted by Crippen LogP contribution is -2.24. The first-order valence-electron chi connectivity index (χ1n) is 6.79. The van der Waals surface area contributed by atoms with Crippen molar-refractivity contribution in [3.05, 3.63) is 57.6 Å². The largest absolute Gasteiger partial charge is 0.467 e. The highest BCUT2D eigenvalue weighted by Crippen LogP contribution is 2.18. The smallest absolute Gasteiger partial charge is 0.267 e. The third-order valence-electron chi connectivity index (χ3n) is 2.90. The van der Waals surface area contributed by atoms with Gasteiger partial charge in [-0.05, 0) is 23.6 Å². The molecule has 2 N–H and O–H groups in total. The summed E-state index contributed by atoms with van der Waals surface area (Å²) in [5, 5.41) is 9.56. The number of furan rings is 1. The van der Waals surface area contributed by atoms with Gasteiger partial charge in [0, 0.05) is 5.38 Å². The summed E-state index contributed by atoms with van der Waals surface area (Å²) in [6, 6.07) is 7.12. The summed E-state index contributed by atoms with van der Waals surface area (Å²) in [6.07, 6.45) is 1.72. The molecule has 0 aliphatic carbocycles. The number of nitrogens with one attached hydrogen (secondary N) is 2. The number of nitrogens with zero attached hydrogens (tertiary/aromatic N) is 1. The highest BCUT2D eigenvalue weighted by atomic mass is 32.1. The van der Waals surface area contributed by atoms with Gasteiger partial charge in [0.1, 0.15) is 5.76 Å². The number of thiophene rings is 1. The number of hydrogen-bond donors (Lipinski definition) is 2. The molecular weight excluding hydrogens is 334 g/mol. The van der Waals surface area contributed by atoms with E-state index in [0.29, 0.717) is 28.0 Å². The van der Waals surface area contributed by atoms with E-state index in [2.05, 4.69) is 15.6 Å². The van der Waals surface area contributed by atoms with Crippen molar-refractivity contribution in [3.8, 4) is 0 Å². The lowest BCUT2D eigenvalue weighted by Gasteiger charge is -2.01. The van der Waals surface area contributed by atoms with Gasteiger partial charge in [-0.2, -0.15) is 0 Å². The van der Waals surface area contributed by atoms with E-state index in [1.165, 1.54) is 22.7 Å². The normalized spacial score (nSPS) is 10.4. The number of aromatic nitrogens is 1. The lowest BCUT2D eigenvalue weighted by molar-refractivity contribution is -0.120. The van der Waals surface area contributed by atoms with E-state index in [9.17, 15) is 9.59 Å². The molecule has 23 heavy (non-hydrogen) atoms. The zero-order chi connectivity index (χ0) is 16.1. The summed E-state index contributed by atoms with van der Waals surface area (Å²) in [5.74, 6) is 0.353. The number of carbonyl (C=O) groups excluding carboxylic acids is 2. The van der Waals surface area contributed by atoms with Crippen molar-refractivity contribution in [1.82, 2.24) is 10.3 Å². The van der Waals surface area contributed by atoms with E-state index >= 15 is 0 Å². The van der Waals surface area contributed by atoms with Gasteiger partial charge in [0.2, 0.25) is 5.91 Å². The Morgan fingerprint density at radius 1 is 1.22 bits per heavy atom. The van der Waals surface area contributed by atoms with Gasteiger partial charge in [0.15, 0.2) is 5.13 Å². The molecule has 6 nitrogen and oxygen atoms in total. The first-order chi connectivity index (χ1) is 11.2. The van der Waals surface area contributed by atoms with Crippen LogP contribution in [0, 0.1) is 0 Å². The van der Waals surface area contributed by atoms with Gasteiger partial charge in [0.25, 0.3) is 5.91 Å². The molecule has 3 aromatic heterocycles. The summed E-state index contributed by atoms with van der Waals surface area (Å²) < 4.78 is 5.14. The molecule has 3 rings (SSSR count). The van der Waals surface area contributed by atoms with Crippen LogP contribution >= 0.6 is 22.7 Å². The Bertz CT molecular complexity index is 779. The summed E-state index contributed by atoms with van der Waals surface area (Å²) in [7, 11) is 0. The molecule has 0 bridgehead atoms. The van der Waals surface area contributed by atoms with Gasteiger partial charge in [-0.3, -0.25) is 14.9 Å². The number of carbonyl (C=O) groups is 2. The zero-order valence-electron chi connectivity index (χ0n) is 11.9. The van der Waals surface area contributed by atoms with Gasteiger partial charge in [-0.15, -0.1) is 22.7 Å². The molecule has 0 aliphatic rings. The Labute approximate surface area is 140 Å². The van der Waals surface area contributed by atoms with Crippen molar-refractivity contribution in [3.63, 3.8) is 0 Å². The molecule has 0 fully saturated rings. The van der Waals surface area contributed by atoms with Crippen LogP contribution in [-0.4, -0.2) is 16.8 Å². The second-order valence-corrected chi connectivity index (χ2v) is 6.41. The second-order valence-electron chi connectivity index (χ2n) is 4.61. The fourth-order valence-corrected chi connectivity index (χ4v) is 3.16. The number of thiazole rings is 1. The van der Waals surface area contributed by atoms with E-state index in [4.69, 9.17) is 4.42 Å². The minimum atomic E-state index is -0.192. The highest BCUT2D eigenvalue weighted by molar-refractivity contribution is 7.14. The molecule has 0 radical (unpaired) electrons. The van der Waals surface area contributed by atoms with Crippen LogP contribution in [0.4, 0.5) is 5.13 Å². The maximum absolute atomic E-state index is 11.9. The van der Waals surface area contributed by atoms with Crippen LogP contribution in [0.25, 0.3) is 0 Å². The minimum Gasteiger partial charge on any atom is -0.467 e. The zero-order valence-corrected chi connectivity index (χ0v) is 13.6. The Hall–Kier alpha value is -2.45. The van der Waals surface area contributed by atoms with Crippen molar-refractivity contribution in [2.24, 2.45) is 0 Å². The molecule has 3 heterocycles. The topological polar surface area (TPSA) is 84.2 Å². The van der Waals surface area contributed by atoms with Crippen LogP contribution in [0.15, 0.2) is 45.7 Å². The lowest BCUT2D eigenvalue weighted by atomic mass is 10.3. The highest BCUT2D eigenvalue weighted by Gasteiger charge is 2.12. The van der Waals surface area contributed by atoms with Crippen LogP contribution in [0.5, 0.6) is 0 Å². The van der Waals surface area contributed by atoms with Crippen LogP contribution in [0.2, 0.25) is 0 Å². The number of amides is 2. The van der Waals surface area contributed by atoms with Crippen molar-refractivity contribution < 1.29 is 14.0 Å². The van der Waals surface area contributed by atoms with Crippen molar-refractivity contribution in [1.29, 1.82) is 0 Å². The van der Waals surface area contributed by atoms with E-state index in [1.807, 2.05) is 11.4 Å². The quantitative estimate of drug-likeness (QED) is 0.718. The number of rotatable bonds is 6. The van der Waals surface area contributed by atoms with Crippen molar-refractivity contribution in [2.75, 3.05) is 5.32 Å². The predicted molar refractivity (Wildman–Crippen MR) is 88.6 cm³/mol. The Balaban J connectivity index is 1.50. The van der Waals surface area contributed by atoms with Gasteiger partial charge in [-0.25, -0.2) is 4.98 Å². The molecule has 0 saturated heterocycles. The molecule has 0 aliphatic heterocycles. The standard InChI is InChI=1S/C15H13N3O3S2/c19-13(16-8-11-3-1-5-21-11)7-10-9-23-15(17-10)18-14(20)12-4-2-6-22-12/h1-6,9H,7-8H2,(H,16,19)(H,17,18,20). The van der Waals surface area contributed by atoms with Crippen LogP contribution in [-0.2, 0) is 17.8 Å². The molecular formula is C15H13N3O3S2. The SMILES string of the molecule is O=C(Cc1csc(NC(=O)c2cccs2)n1)NCc1ccco1. The fourth-order valence-electron chi connectivity index (χ4n) is 1.84. The summed E-state index contributed by atoms with van der Waals surface area (Å²) in [4.78, 5) is 28.6. The van der Waals surface area contributed by atoms with E-state index < -0.39 is 0 Å². The number of hydrogen-bond acceptors (Lipinski definition) is 6. The predicted octanol–water partition coefficient (Wildman–Crippen LogP) is 2.91. The third-order valence-corrected chi connectivity index (χ3v) is 4.57. The monoisotopic (exact) mass is 347 g/mol. The fraction of sp³-hybridized carbons (Fsp3) is 0.133. The van der Waals surface area contributed by atoms with Crippen molar-refractivity contribution in [2.45, 2.75) is 13.0 Å². The van der Waals surface area contributed by atoms with Crippen LogP contribution in [0.3, 0.4) is 0 Å². The number of anilines is 1. The maximum atomic E-state index is 11.9. The summed E-state index contributed by atoms with van der Waals surface area (Å²) in [6.45, 7) is 0.345. The molecule has 2 amide bonds. The molecule has 0 spiro atoms. The summed E-state index contributed by atoms with van der Waals surface area (Å²) in [5.41, 5.74) is 0.619. The average molecular weight is 347 g/mol. The third kappa shape index (κ3) is 4.27. The van der Waals surface area contributed by atoms with Gasteiger partial charge >= 0.3 is 0 Å². The van der Waals surface area contributed by atoms with Gasteiger partial charge < -0.3 is 9.73 Å². The van der Waals surface area contributed by atoms with Crippen LogP contribution in [0.1, 0.15) is 21.1 Å². The minimum absolute atomic E-state index is 0.150. The first kappa shape index (κ1) is 15.4. The van der Waals surface area contributed by atoms with Gasteiger partial charge in [0.05, 0.1) is 29.8 Å². The Morgan fingerprint density at radius 2 is 2.13 bits per heavy atom. The van der Waals surface area contributed by atoms with E-state index in [1.54, 1.807) is 29.8 Å². The Morgan fingerprint density at radius 3 is 2.87 bits per heavy atom. The van der Waals surface area contributed by atoms with E-state index in [-0.39, 0.29) is 18.2 Å². The summed E-state index contributed by atoms with van der Waals surface area (Å²) >= 11 is 2.66. The Kier molecular flexibility index (Phi) is 4.84. The second kappa shape index (κ2) is 7.21. The molecule has 0 aromatic carbocycles. The van der Waals surface area contributed by atoms with Crippen LogP contribution < -0.4 is 10.6 Å². The molecule has 8 heteroatoms. The van der Waals surface area contributed by atoms with Crippen molar-refractivity contribution >= 4 is 39.6 Å². The molecule has 0 saturated carbocycles. The molecule has 118 valence electrons.